The Morgan fingerprint density at radius 2 is 1.73 bits per heavy atom. The lowest BCUT2D eigenvalue weighted by Gasteiger charge is -2.11. The zero-order valence-electron chi connectivity index (χ0n) is 14.2. The van der Waals surface area contributed by atoms with Gasteiger partial charge in [0.1, 0.15) is 17.0 Å². The quantitative estimate of drug-likeness (QED) is 0.401. The molecule has 0 spiro atoms. The molecule has 6 heteroatoms. The molecule has 0 amide bonds. The molecular formula is C20H15Cl2N3S. The summed E-state index contributed by atoms with van der Waals surface area (Å²) < 4.78 is 0. The van der Waals surface area contributed by atoms with Crippen LogP contribution in [0.25, 0.3) is 21.3 Å². The van der Waals surface area contributed by atoms with Gasteiger partial charge in [-0.1, -0.05) is 53.0 Å². The molecular weight excluding hydrogens is 385 g/mol. The van der Waals surface area contributed by atoms with Crippen LogP contribution in [0, 0.1) is 13.8 Å². The summed E-state index contributed by atoms with van der Waals surface area (Å²) >= 11 is 14.1. The number of rotatable bonds is 3. The van der Waals surface area contributed by atoms with Crippen molar-refractivity contribution in [1.29, 1.82) is 0 Å². The first-order chi connectivity index (χ1) is 12.5. The number of hydrogen-bond donors (Lipinski definition) is 1. The van der Waals surface area contributed by atoms with Crippen molar-refractivity contribution < 1.29 is 0 Å². The molecule has 0 radical (unpaired) electrons. The van der Waals surface area contributed by atoms with E-state index >= 15 is 0 Å². The number of aromatic nitrogens is 2. The SMILES string of the molecule is Cc1ccc(-c2c(C)sc3ncnc(Nc4cc(Cl)ccc4Cl)c23)cc1. The summed E-state index contributed by atoms with van der Waals surface area (Å²) in [6.45, 7) is 4.19. The van der Waals surface area contributed by atoms with Crippen molar-refractivity contribution in [3.05, 3.63) is 69.3 Å². The second-order valence-electron chi connectivity index (χ2n) is 6.05. The molecule has 3 nitrogen and oxygen atoms in total. The number of benzene rings is 2. The van der Waals surface area contributed by atoms with E-state index in [9.17, 15) is 0 Å². The molecule has 130 valence electrons. The van der Waals surface area contributed by atoms with Crippen molar-refractivity contribution in [3.63, 3.8) is 0 Å². The van der Waals surface area contributed by atoms with Gasteiger partial charge in [-0.05, 0) is 37.6 Å². The van der Waals surface area contributed by atoms with Gasteiger partial charge in [0, 0.05) is 15.5 Å². The third kappa shape index (κ3) is 3.16. The van der Waals surface area contributed by atoms with Crippen molar-refractivity contribution in [2.75, 3.05) is 5.32 Å². The highest BCUT2D eigenvalue weighted by Gasteiger charge is 2.17. The maximum absolute atomic E-state index is 6.31. The van der Waals surface area contributed by atoms with Crippen LogP contribution >= 0.6 is 34.5 Å². The highest BCUT2D eigenvalue weighted by atomic mass is 35.5. The maximum Gasteiger partial charge on any atom is 0.143 e. The van der Waals surface area contributed by atoms with E-state index < -0.39 is 0 Å². The van der Waals surface area contributed by atoms with Crippen LogP contribution in [0.1, 0.15) is 10.4 Å². The van der Waals surface area contributed by atoms with Crippen LogP contribution in [0.4, 0.5) is 11.5 Å². The van der Waals surface area contributed by atoms with Gasteiger partial charge in [-0.25, -0.2) is 9.97 Å². The summed E-state index contributed by atoms with van der Waals surface area (Å²) in [7, 11) is 0. The number of hydrogen-bond acceptors (Lipinski definition) is 4. The lowest BCUT2D eigenvalue weighted by molar-refractivity contribution is 1.23. The first kappa shape index (κ1) is 17.3. The van der Waals surface area contributed by atoms with E-state index in [4.69, 9.17) is 23.2 Å². The first-order valence-corrected chi connectivity index (χ1v) is 9.63. The molecule has 0 saturated heterocycles. The maximum atomic E-state index is 6.31. The van der Waals surface area contributed by atoms with Gasteiger partial charge in [0.2, 0.25) is 0 Å². The van der Waals surface area contributed by atoms with E-state index in [1.807, 2.05) is 0 Å². The van der Waals surface area contributed by atoms with Crippen LogP contribution in [0.15, 0.2) is 48.8 Å². The van der Waals surface area contributed by atoms with Crippen LogP contribution in [0.5, 0.6) is 0 Å². The number of aryl methyl sites for hydroxylation is 2. The van der Waals surface area contributed by atoms with Crippen molar-refractivity contribution in [2.45, 2.75) is 13.8 Å². The fourth-order valence-corrected chi connectivity index (χ4v) is 4.28. The van der Waals surface area contributed by atoms with Gasteiger partial charge >= 0.3 is 0 Å². The summed E-state index contributed by atoms with van der Waals surface area (Å²) in [6.07, 6.45) is 1.57. The molecule has 0 unspecified atom stereocenters. The molecule has 0 aliphatic rings. The average molecular weight is 400 g/mol. The molecule has 2 aromatic heterocycles. The van der Waals surface area contributed by atoms with Gasteiger partial charge in [-0.15, -0.1) is 11.3 Å². The van der Waals surface area contributed by atoms with Crippen molar-refractivity contribution in [3.8, 4) is 11.1 Å². The molecule has 4 rings (SSSR count). The molecule has 2 heterocycles. The minimum Gasteiger partial charge on any atom is -0.338 e. The largest absolute Gasteiger partial charge is 0.338 e. The first-order valence-electron chi connectivity index (χ1n) is 8.06. The molecule has 0 aliphatic heterocycles. The van der Waals surface area contributed by atoms with Crippen LogP contribution < -0.4 is 5.32 Å². The molecule has 0 bridgehead atoms. The van der Waals surface area contributed by atoms with Crippen molar-refractivity contribution in [2.24, 2.45) is 0 Å². The Balaban J connectivity index is 1.90. The lowest BCUT2D eigenvalue weighted by Crippen LogP contribution is -1.96. The van der Waals surface area contributed by atoms with E-state index in [0.717, 1.165) is 32.8 Å². The van der Waals surface area contributed by atoms with Crippen LogP contribution in [-0.4, -0.2) is 9.97 Å². The zero-order valence-corrected chi connectivity index (χ0v) is 16.5. The summed E-state index contributed by atoms with van der Waals surface area (Å²) in [4.78, 5) is 11.1. The monoisotopic (exact) mass is 399 g/mol. The number of halogens is 2. The summed E-state index contributed by atoms with van der Waals surface area (Å²) in [6, 6.07) is 13.8. The van der Waals surface area contributed by atoms with Gasteiger partial charge in [0.05, 0.1) is 16.1 Å². The fraction of sp³-hybridized carbons (Fsp3) is 0.100. The topological polar surface area (TPSA) is 37.8 Å². The third-order valence-electron chi connectivity index (χ3n) is 4.19. The van der Waals surface area contributed by atoms with E-state index in [2.05, 4.69) is 53.4 Å². The Morgan fingerprint density at radius 1 is 0.962 bits per heavy atom. The van der Waals surface area contributed by atoms with Gasteiger partial charge in [0.15, 0.2) is 0 Å². The number of thiophene rings is 1. The highest BCUT2D eigenvalue weighted by molar-refractivity contribution is 7.19. The van der Waals surface area contributed by atoms with Crippen molar-refractivity contribution >= 4 is 56.3 Å². The van der Waals surface area contributed by atoms with E-state index in [1.54, 1.807) is 35.9 Å². The van der Waals surface area contributed by atoms with Crippen LogP contribution in [0.2, 0.25) is 10.0 Å². The van der Waals surface area contributed by atoms with Crippen LogP contribution in [-0.2, 0) is 0 Å². The second kappa shape index (κ2) is 6.88. The average Bonchev–Trinajstić information content (AvgIpc) is 2.96. The molecule has 1 N–H and O–H groups in total. The van der Waals surface area contributed by atoms with E-state index in [1.165, 1.54) is 10.4 Å². The Hall–Kier alpha value is -2.14. The molecule has 0 saturated carbocycles. The summed E-state index contributed by atoms with van der Waals surface area (Å²) in [5, 5.41) is 5.53. The minimum absolute atomic E-state index is 0.588. The smallest absolute Gasteiger partial charge is 0.143 e. The van der Waals surface area contributed by atoms with Gasteiger partial charge in [-0.2, -0.15) is 0 Å². The molecule has 2 aromatic carbocycles. The summed E-state index contributed by atoms with van der Waals surface area (Å²) in [5.74, 6) is 0.721. The van der Waals surface area contributed by atoms with Gasteiger partial charge < -0.3 is 5.32 Å². The molecule has 0 fully saturated rings. The lowest BCUT2D eigenvalue weighted by atomic mass is 10.0. The Morgan fingerprint density at radius 3 is 2.50 bits per heavy atom. The number of fused-ring (bicyclic) bond motifs is 1. The molecule has 0 atom stereocenters. The van der Waals surface area contributed by atoms with Crippen molar-refractivity contribution in [1.82, 2.24) is 9.97 Å². The van der Waals surface area contributed by atoms with Gasteiger partial charge in [0.25, 0.3) is 0 Å². The zero-order chi connectivity index (χ0) is 18.3. The van der Waals surface area contributed by atoms with E-state index in [-0.39, 0.29) is 0 Å². The predicted octanol–water partition coefficient (Wildman–Crippen LogP) is 7.03. The molecule has 26 heavy (non-hydrogen) atoms. The third-order valence-corrected chi connectivity index (χ3v) is 5.76. The summed E-state index contributed by atoms with van der Waals surface area (Å²) in [5.41, 5.74) is 4.24. The number of nitrogens with zero attached hydrogens (tertiary/aromatic N) is 2. The molecule has 0 aliphatic carbocycles. The Labute approximate surface area is 165 Å². The second-order valence-corrected chi connectivity index (χ2v) is 8.10. The Kier molecular flexibility index (Phi) is 4.57. The Bertz CT molecular complexity index is 1100. The normalized spacial score (nSPS) is 11.1. The van der Waals surface area contributed by atoms with E-state index in [0.29, 0.717) is 10.0 Å². The fourth-order valence-electron chi connectivity index (χ4n) is 2.93. The predicted molar refractivity (Wildman–Crippen MR) is 112 cm³/mol. The minimum atomic E-state index is 0.588. The van der Waals surface area contributed by atoms with Gasteiger partial charge in [-0.3, -0.25) is 0 Å². The molecule has 4 aromatic rings. The number of anilines is 2. The standard InChI is InChI=1S/C20H15Cl2N3S/c1-11-3-5-13(6-4-11)17-12(2)26-20-18(17)19(23-10-24-20)25-16-9-14(21)7-8-15(16)22/h3-10H,1-2H3,(H,23,24,25). The number of nitrogens with one attached hydrogen (secondary N) is 1. The van der Waals surface area contributed by atoms with Crippen LogP contribution in [0.3, 0.4) is 0 Å². The highest BCUT2D eigenvalue weighted by Crippen LogP contribution is 2.41.